The van der Waals surface area contributed by atoms with Crippen LogP contribution in [0.15, 0.2) is 24.3 Å². The van der Waals surface area contributed by atoms with E-state index in [2.05, 4.69) is 28.8 Å². The van der Waals surface area contributed by atoms with Crippen molar-refractivity contribution >= 4 is 15.9 Å². The molecule has 6 heteroatoms. The maximum Gasteiger partial charge on any atom is 0.315 e. The first kappa shape index (κ1) is 15.3. The fourth-order valence-electron chi connectivity index (χ4n) is 3.43. The van der Waals surface area contributed by atoms with Gasteiger partial charge in [-0.15, -0.1) is 0 Å². The van der Waals surface area contributed by atoms with Crippen molar-refractivity contribution in [3.05, 3.63) is 35.4 Å². The van der Waals surface area contributed by atoms with Crippen molar-refractivity contribution in [1.82, 2.24) is 10.6 Å². The highest BCUT2D eigenvalue weighted by Crippen LogP contribution is 2.30. The van der Waals surface area contributed by atoms with Gasteiger partial charge in [-0.3, -0.25) is 0 Å². The van der Waals surface area contributed by atoms with E-state index >= 15 is 0 Å². The van der Waals surface area contributed by atoms with Gasteiger partial charge in [-0.25, -0.2) is 13.2 Å². The second-order valence-corrected chi connectivity index (χ2v) is 8.47. The van der Waals surface area contributed by atoms with E-state index in [4.69, 9.17) is 0 Å². The molecule has 0 aromatic heterocycles. The molecule has 120 valence electrons. The van der Waals surface area contributed by atoms with Gasteiger partial charge in [-0.2, -0.15) is 0 Å². The number of fused-ring (bicyclic) bond motifs is 1. The number of rotatable bonds is 3. The molecule has 2 amide bonds. The molecule has 3 rings (SSSR count). The smallest absolute Gasteiger partial charge is 0.315 e. The summed E-state index contributed by atoms with van der Waals surface area (Å²) in [6, 6.07) is 7.89. The predicted molar refractivity (Wildman–Crippen MR) is 85.7 cm³/mol. The average Bonchev–Trinajstić information content (AvgIpc) is 2.84. The molecule has 0 bridgehead atoms. The zero-order chi connectivity index (χ0) is 15.6. The van der Waals surface area contributed by atoms with Gasteiger partial charge < -0.3 is 10.6 Å². The van der Waals surface area contributed by atoms with E-state index in [0.717, 1.165) is 19.3 Å². The quantitative estimate of drug-likeness (QED) is 0.887. The average molecular weight is 322 g/mol. The Bertz CT molecular complexity index is 657. The molecule has 0 saturated carbocycles. The van der Waals surface area contributed by atoms with Gasteiger partial charge >= 0.3 is 6.03 Å². The number of nitrogens with one attached hydrogen (secondary N) is 2. The number of amides is 2. The summed E-state index contributed by atoms with van der Waals surface area (Å²) in [4.78, 5) is 11.9. The highest BCUT2D eigenvalue weighted by atomic mass is 32.2. The standard InChI is InChI=1S/C16H22N2O3S/c19-16(18-14-8-9-22(20,21)11-14)17-10-13-6-3-5-12-4-1-2-7-15(12)13/h1-2,4,7,13-14H,3,5-6,8-11H2,(H2,17,18,19)/t13-,14+/m1/s1. The van der Waals surface area contributed by atoms with Crippen LogP contribution < -0.4 is 10.6 Å². The monoisotopic (exact) mass is 322 g/mol. The van der Waals surface area contributed by atoms with Crippen LogP contribution in [0.1, 0.15) is 36.3 Å². The highest BCUT2D eigenvalue weighted by molar-refractivity contribution is 7.91. The summed E-state index contributed by atoms with van der Waals surface area (Å²) < 4.78 is 22.8. The number of sulfone groups is 1. The molecule has 2 aliphatic rings. The molecular formula is C16H22N2O3S. The number of aryl methyl sites for hydroxylation is 1. The minimum Gasteiger partial charge on any atom is -0.338 e. The maximum absolute atomic E-state index is 11.9. The minimum atomic E-state index is -2.96. The molecule has 1 aromatic carbocycles. The molecule has 1 heterocycles. The molecule has 0 unspecified atom stereocenters. The number of carbonyl (C=O) groups excluding carboxylic acids is 1. The Morgan fingerprint density at radius 2 is 2.05 bits per heavy atom. The van der Waals surface area contributed by atoms with Crippen LogP contribution in [0.25, 0.3) is 0 Å². The lowest BCUT2D eigenvalue weighted by Gasteiger charge is -2.26. The van der Waals surface area contributed by atoms with Crippen LogP contribution in [0.3, 0.4) is 0 Å². The third-order valence-corrected chi connectivity index (χ3v) is 6.34. The van der Waals surface area contributed by atoms with Gasteiger partial charge in [-0.05, 0) is 36.8 Å². The van der Waals surface area contributed by atoms with Crippen LogP contribution >= 0.6 is 0 Å². The van der Waals surface area contributed by atoms with E-state index in [1.54, 1.807) is 0 Å². The number of benzene rings is 1. The normalized spacial score (nSPS) is 26.2. The van der Waals surface area contributed by atoms with Crippen molar-refractivity contribution in [1.29, 1.82) is 0 Å². The molecule has 22 heavy (non-hydrogen) atoms. The van der Waals surface area contributed by atoms with E-state index in [9.17, 15) is 13.2 Å². The fraction of sp³-hybridized carbons (Fsp3) is 0.562. The lowest BCUT2D eigenvalue weighted by Crippen LogP contribution is -2.44. The summed E-state index contributed by atoms with van der Waals surface area (Å²) in [7, 11) is -2.96. The molecule has 0 radical (unpaired) electrons. The zero-order valence-electron chi connectivity index (χ0n) is 12.5. The molecule has 0 spiro atoms. The highest BCUT2D eigenvalue weighted by Gasteiger charge is 2.29. The minimum absolute atomic E-state index is 0.0622. The molecule has 5 nitrogen and oxygen atoms in total. The first-order chi connectivity index (χ1) is 10.5. The summed E-state index contributed by atoms with van der Waals surface area (Å²) in [5, 5.41) is 5.67. The van der Waals surface area contributed by atoms with E-state index in [1.807, 2.05) is 6.07 Å². The lowest BCUT2D eigenvalue weighted by atomic mass is 9.83. The van der Waals surface area contributed by atoms with Crippen molar-refractivity contribution in [2.75, 3.05) is 18.1 Å². The fourth-order valence-corrected chi connectivity index (χ4v) is 5.10. The Morgan fingerprint density at radius 1 is 1.23 bits per heavy atom. The number of hydrogen-bond acceptors (Lipinski definition) is 3. The topological polar surface area (TPSA) is 75.3 Å². The number of hydrogen-bond donors (Lipinski definition) is 2. The largest absolute Gasteiger partial charge is 0.338 e. The summed E-state index contributed by atoms with van der Waals surface area (Å²) >= 11 is 0. The predicted octanol–water partition coefficient (Wildman–Crippen LogP) is 1.59. The Balaban J connectivity index is 1.52. The van der Waals surface area contributed by atoms with Gasteiger partial charge in [0.15, 0.2) is 9.84 Å². The van der Waals surface area contributed by atoms with Crippen LogP contribution in [0.5, 0.6) is 0 Å². The summed E-state index contributed by atoms with van der Waals surface area (Å²) in [6.07, 6.45) is 3.85. The van der Waals surface area contributed by atoms with Gasteiger partial charge in [0, 0.05) is 18.5 Å². The van der Waals surface area contributed by atoms with Crippen molar-refractivity contribution in [2.45, 2.75) is 37.6 Å². The van der Waals surface area contributed by atoms with Crippen LogP contribution in [0.4, 0.5) is 4.79 Å². The first-order valence-corrected chi connectivity index (χ1v) is 9.68. The van der Waals surface area contributed by atoms with Gasteiger partial charge in [0.1, 0.15) is 0 Å². The van der Waals surface area contributed by atoms with Crippen molar-refractivity contribution in [2.24, 2.45) is 0 Å². The Hall–Kier alpha value is -1.56. The molecule has 2 N–H and O–H groups in total. The van der Waals surface area contributed by atoms with Crippen LogP contribution in [0, 0.1) is 0 Å². The molecule has 1 aliphatic heterocycles. The van der Waals surface area contributed by atoms with Gasteiger partial charge in [-0.1, -0.05) is 24.3 Å². The molecular weight excluding hydrogens is 300 g/mol. The third-order valence-electron chi connectivity index (χ3n) is 4.57. The van der Waals surface area contributed by atoms with Crippen molar-refractivity contribution in [3.63, 3.8) is 0 Å². The summed E-state index contributed by atoms with van der Waals surface area (Å²) in [5.41, 5.74) is 2.71. The molecule has 1 fully saturated rings. The number of carbonyl (C=O) groups is 1. The molecule has 1 saturated heterocycles. The van der Waals surface area contributed by atoms with Crippen LogP contribution in [-0.2, 0) is 16.3 Å². The van der Waals surface area contributed by atoms with E-state index in [0.29, 0.717) is 18.9 Å². The second-order valence-electron chi connectivity index (χ2n) is 6.24. The zero-order valence-corrected chi connectivity index (χ0v) is 13.4. The van der Waals surface area contributed by atoms with Crippen molar-refractivity contribution in [3.8, 4) is 0 Å². The number of urea groups is 1. The Kier molecular flexibility index (Phi) is 4.38. The second kappa shape index (κ2) is 6.28. The molecule has 1 aliphatic carbocycles. The molecule has 2 atom stereocenters. The summed E-state index contributed by atoms with van der Waals surface area (Å²) in [6.45, 7) is 0.600. The van der Waals surface area contributed by atoms with Crippen LogP contribution in [0.2, 0.25) is 0 Å². The Labute approximate surface area is 131 Å². The van der Waals surface area contributed by atoms with E-state index in [-0.39, 0.29) is 23.6 Å². The van der Waals surface area contributed by atoms with Gasteiger partial charge in [0.25, 0.3) is 0 Å². The van der Waals surface area contributed by atoms with Gasteiger partial charge in [0.2, 0.25) is 0 Å². The molecule has 1 aromatic rings. The Morgan fingerprint density at radius 3 is 2.82 bits per heavy atom. The third kappa shape index (κ3) is 3.61. The first-order valence-electron chi connectivity index (χ1n) is 7.86. The van der Waals surface area contributed by atoms with Crippen LogP contribution in [-0.4, -0.2) is 38.5 Å². The van der Waals surface area contributed by atoms with Gasteiger partial charge in [0.05, 0.1) is 11.5 Å². The summed E-state index contributed by atoms with van der Waals surface area (Å²) in [5.74, 6) is 0.587. The van der Waals surface area contributed by atoms with Crippen molar-refractivity contribution < 1.29 is 13.2 Å². The lowest BCUT2D eigenvalue weighted by molar-refractivity contribution is 0.237. The van der Waals surface area contributed by atoms with E-state index in [1.165, 1.54) is 11.1 Å². The van der Waals surface area contributed by atoms with E-state index < -0.39 is 9.84 Å². The SMILES string of the molecule is O=C(NC[C@H]1CCCc2ccccc21)N[C@H]1CCS(=O)(=O)C1. The maximum atomic E-state index is 11.9.